The van der Waals surface area contributed by atoms with Crippen LogP contribution in [0.3, 0.4) is 0 Å². The van der Waals surface area contributed by atoms with Crippen LogP contribution < -0.4 is 0 Å². The lowest BCUT2D eigenvalue weighted by molar-refractivity contribution is -0.157. The van der Waals surface area contributed by atoms with E-state index in [-0.39, 0.29) is 18.4 Å². The molecular formula is C17H21NO4. The molecule has 5 heteroatoms. The maximum atomic E-state index is 12.3. The third-order valence-electron chi connectivity index (χ3n) is 4.95. The molecule has 0 radical (unpaired) electrons. The Morgan fingerprint density at radius 1 is 1.27 bits per heavy atom. The van der Waals surface area contributed by atoms with Gasteiger partial charge in [-0.25, -0.2) is 0 Å². The van der Waals surface area contributed by atoms with E-state index in [1.54, 1.807) is 24.3 Å². The second-order valence-electron chi connectivity index (χ2n) is 6.19. The van der Waals surface area contributed by atoms with E-state index in [1.165, 1.54) is 0 Å². The number of piperidine rings is 1. The number of ketones is 1. The molecule has 22 heavy (non-hydrogen) atoms. The van der Waals surface area contributed by atoms with Gasteiger partial charge in [0.2, 0.25) is 0 Å². The molecule has 0 aliphatic carbocycles. The molecule has 1 N–H and O–H groups in total. The molecule has 1 aromatic carbocycles. The summed E-state index contributed by atoms with van der Waals surface area (Å²) >= 11 is 0. The fourth-order valence-electron chi connectivity index (χ4n) is 3.69. The van der Waals surface area contributed by atoms with E-state index >= 15 is 0 Å². The lowest BCUT2D eigenvalue weighted by Crippen LogP contribution is -2.52. The number of aliphatic hydroxyl groups is 1. The summed E-state index contributed by atoms with van der Waals surface area (Å²) in [6, 6.07) is 9.14. The van der Waals surface area contributed by atoms with Crippen LogP contribution >= 0.6 is 0 Å². The smallest absolute Gasteiger partial charge is 0.313 e. The minimum Gasteiger partial charge on any atom is -0.457 e. The Morgan fingerprint density at radius 3 is 2.73 bits per heavy atom. The van der Waals surface area contributed by atoms with Gasteiger partial charge in [0, 0.05) is 17.6 Å². The summed E-state index contributed by atoms with van der Waals surface area (Å²) in [4.78, 5) is 26.5. The minimum absolute atomic E-state index is 0.0214. The van der Waals surface area contributed by atoms with Crippen molar-refractivity contribution < 1.29 is 19.4 Å². The largest absolute Gasteiger partial charge is 0.457 e. The Balaban J connectivity index is 1.61. The number of aliphatic hydroxyl groups excluding tert-OH is 1. The normalized spacial score (nSPS) is 31.0. The molecule has 1 aromatic rings. The first-order valence-corrected chi connectivity index (χ1v) is 7.73. The van der Waals surface area contributed by atoms with Crippen LogP contribution in [0.15, 0.2) is 30.3 Å². The van der Waals surface area contributed by atoms with Gasteiger partial charge in [-0.1, -0.05) is 30.3 Å². The highest BCUT2D eigenvalue weighted by molar-refractivity contribution is 5.98. The van der Waals surface area contributed by atoms with E-state index < -0.39 is 18.0 Å². The van der Waals surface area contributed by atoms with Gasteiger partial charge in [-0.3, -0.25) is 14.5 Å². The van der Waals surface area contributed by atoms with E-state index in [0.29, 0.717) is 18.0 Å². The molecule has 5 nitrogen and oxygen atoms in total. The van der Waals surface area contributed by atoms with Crippen molar-refractivity contribution >= 4 is 11.8 Å². The van der Waals surface area contributed by atoms with Gasteiger partial charge in [0.15, 0.2) is 12.4 Å². The third kappa shape index (κ3) is 2.78. The maximum absolute atomic E-state index is 12.3. The number of Topliss-reactive ketones (excluding diaryl/α,β-unsaturated/α-hetero) is 1. The van der Waals surface area contributed by atoms with Gasteiger partial charge in [-0.15, -0.1) is 0 Å². The molecule has 2 aliphatic rings. The average molecular weight is 303 g/mol. The predicted molar refractivity (Wildman–Crippen MR) is 80.4 cm³/mol. The van der Waals surface area contributed by atoms with Crippen molar-refractivity contribution in [1.82, 2.24) is 4.90 Å². The van der Waals surface area contributed by atoms with Crippen LogP contribution in [0.1, 0.15) is 29.6 Å². The van der Waals surface area contributed by atoms with Crippen molar-refractivity contribution in [2.24, 2.45) is 5.92 Å². The number of carbonyl (C=O) groups is 2. The molecule has 2 fully saturated rings. The molecule has 118 valence electrons. The number of fused-ring (bicyclic) bond motifs is 2. The zero-order valence-electron chi connectivity index (χ0n) is 12.6. The minimum atomic E-state index is -0.673. The van der Waals surface area contributed by atoms with E-state index in [9.17, 15) is 14.7 Å². The maximum Gasteiger partial charge on any atom is 0.313 e. The zero-order valence-corrected chi connectivity index (χ0v) is 12.6. The Hall–Kier alpha value is -1.72. The van der Waals surface area contributed by atoms with E-state index in [1.807, 2.05) is 13.1 Å². The fraction of sp³-hybridized carbons (Fsp3) is 0.529. The molecule has 0 aromatic heterocycles. The molecule has 0 spiro atoms. The molecule has 0 unspecified atom stereocenters. The monoisotopic (exact) mass is 303 g/mol. The first kappa shape index (κ1) is 15.2. The number of hydrogen-bond acceptors (Lipinski definition) is 5. The van der Waals surface area contributed by atoms with Crippen LogP contribution in [0.4, 0.5) is 0 Å². The van der Waals surface area contributed by atoms with Crippen LogP contribution in [0, 0.1) is 5.92 Å². The summed E-state index contributed by atoms with van der Waals surface area (Å²) in [6.07, 6.45) is 1.82. The van der Waals surface area contributed by atoms with E-state index in [2.05, 4.69) is 4.90 Å². The molecule has 2 aliphatic heterocycles. The zero-order chi connectivity index (χ0) is 15.7. The van der Waals surface area contributed by atoms with E-state index in [4.69, 9.17) is 4.74 Å². The van der Waals surface area contributed by atoms with Crippen LogP contribution in [0.2, 0.25) is 0 Å². The summed E-state index contributed by atoms with van der Waals surface area (Å²) in [5.41, 5.74) is 0.526. The number of benzene rings is 1. The quantitative estimate of drug-likeness (QED) is 0.670. The van der Waals surface area contributed by atoms with Gasteiger partial charge < -0.3 is 9.84 Å². The van der Waals surface area contributed by atoms with Crippen molar-refractivity contribution in [3.63, 3.8) is 0 Å². The van der Waals surface area contributed by atoms with Gasteiger partial charge in [0.05, 0.1) is 12.0 Å². The number of carbonyl (C=O) groups excluding carboxylic acids is 2. The highest BCUT2D eigenvalue weighted by Crippen LogP contribution is 2.38. The predicted octanol–water partition coefficient (Wildman–Crippen LogP) is 1.26. The number of esters is 1. The highest BCUT2D eigenvalue weighted by Gasteiger charge is 2.48. The summed E-state index contributed by atoms with van der Waals surface area (Å²) < 4.78 is 5.19. The average Bonchev–Trinajstić information content (AvgIpc) is 2.77. The molecule has 4 atom stereocenters. The highest BCUT2D eigenvalue weighted by atomic mass is 16.5. The van der Waals surface area contributed by atoms with Crippen LogP contribution in [-0.2, 0) is 9.53 Å². The van der Waals surface area contributed by atoms with Crippen LogP contribution in [-0.4, -0.2) is 53.6 Å². The number of nitrogens with zero attached hydrogens (tertiary/aromatic N) is 1. The van der Waals surface area contributed by atoms with Crippen molar-refractivity contribution in [2.75, 3.05) is 13.7 Å². The molecule has 2 bridgehead atoms. The topological polar surface area (TPSA) is 66.8 Å². The van der Waals surface area contributed by atoms with Crippen molar-refractivity contribution in [2.45, 2.75) is 37.5 Å². The van der Waals surface area contributed by atoms with Crippen LogP contribution in [0.5, 0.6) is 0 Å². The lowest BCUT2D eigenvalue weighted by Gasteiger charge is -2.39. The summed E-state index contributed by atoms with van der Waals surface area (Å²) in [7, 11) is 1.99. The fourth-order valence-corrected chi connectivity index (χ4v) is 3.69. The van der Waals surface area contributed by atoms with Gasteiger partial charge in [0.1, 0.15) is 0 Å². The van der Waals surface area contributed by atoms with Gasteiger partial charge >= 0.3 is 5.97 Å². The first-order valence-electron chi connectivity index (χ1n) is 7.73. The Morgan fingerprint density at radius 2 is 2.00 bits per heavy atom. The van der Waals surface area contributed by atoms with Gasteiger partial charge in [-0.05, 0) is 26.3 Å². The molecule has 2 heterocycles. The third-order valence-corrected chi connectivity index (χ3v) is 4.95. The molecule has 0 amide bonds. The molecule has 0 saturated carbocycles. The number of hydrogen-bond donors (Lipinski definition) is 1. The van der Waals surface area contributed by atoms with E-state index in [0.717, 1.165) is 12.8 Å². The molecule has 3 rings (SSSR count). The standard InChI is InChI=1S/C17H21NO4/c1-18-12-7-8-13(18)16(14(19)9-12)17(21)22-10-15(20)11-5-3-2-4-6-11/h2-6,12-14,16,19H,7-10H2,1H3/t12-,13+,14-,16+/m0/s1. The summed E-state index contributed by atoms with van der Waals surface area (Å²) in [5, 5.41) is 10.2. The lowest BCUT2D eigenvalue weighted by atomic mass is 9.88. The number of rotatable bonds is 4. The second-order valence-corrected chi connectivity index (χ2v) is 6.19. The number of ether oxygens (including phenoxy) is 1. The van der Waals surface area contributed by atoms with Gasteiger partial charge in [-0.2, -0.15) is 0 Å². The van der Waals surface area contributed by atoms with Crippen molar-refractivity contribution in [1.29, 1.82) is 0 Å². The summed E-state index contributed by atoms with van der Waals surface area (Å²) in [5.74, 6) is -1.24. The van der Waals surface area contributed by atoms with Crippen molar-refractivity contribution in [3.8, 4) is 0 Å². The molecular weight excluding hydrogens is 282 g/mol. The second kappa shape index (κ2) is 6.18. The SMILES string of the molecule is CN1[C@H]2CC[C@@H]1[C@@H](C(=O)OCC(=O)c1ccccc1)[C@@H](O)C2. The first-order chi connectivity index (χ1) is 10.6. The Bertz CT molecular complexity index is 559. The Kier molecular flexibility index (Phi) is 4.27. The summed E-state index contributed by atoms with van der Waals surface area (Å²) in [6.45, 7) is -0.272. The van der Waals surface area contributed by atoms with Crippen LogP contribution in [0.25, 0.3) is 0 Å². The van der Waals surface area contributed by atoms with Gasteiger partial charge in [0.25, 0.3) is 0 Å². The Labute approximate surface area is 129 Å². The molecule has 2 saturated heterocycles. The van der Waals surface area contributed by atoms with Crippen molar-refractivity contribution in [3.05, 3.63) is 35.9 Å².